The molecule has 0 spiro atoms. The van der Waals surface area contributed by atoms with E-state index in [0.717, 1.165) is 31.0 Å². The fraction of sp³-hybridized carbons (Fsp3) is 0.467. The van der Waals surface area contributed by atoms with Crippen molar-refractivity contribution in [3.8, 4) is 0 Å². The van der Waals surface area contributed by atoms with Crippen LogP contribution >= 0.6 is 0 Å². The number of hydrogen-bond acceptors (Lipinski definition) is 4. The van der Waals surface area contributed by atoms with Gasteiger partial charge in [0.1, 0.15) is 11.6 Å². The van der Waals surface area contributed by atoms with E-state index in [2.05, 4.69) is 0 Å². The topological polar surface area (TPSA) is 52.6 Å². The predicted molar refractivity (Wildman–Crippen MR) is 69.8 cm³/mol. The van der Waals surface area contributed by atoms with Crippen molar-refractivity contribution in [1.29, 1.82) is 0 Å². The first-order valence-electron chi connectivity index (χ1n) is 6.78. The van der Waals surface area contributed by atoms with Gasteiger partial charge < -0.3 is 9.47 Å². The number of esters is 1. The molecule has 0 amide bonds. The molecular weight excluding hydrogens is 282 g/mol. The fourth-order valence-electron chi connectivity index (χ4n) is 2.18. The van der Waals surface area contributed by atoms with Crippen LogP contribution in [0.3, 0.4) is 0 Å². The Hall–Kier alpha value is -1.82. The van der Waals surface area contributed by atoms with Crippen molar-refractivity contribution >= 4 is 11.8 Å². The van der Waals surface area contributed by atoms with E-state index < -0.39 is 35.6 Å². The van der Waals surface area contributed by atoms with Gasteiger partial charge in [-0.25, -0.2) is 8.78 Å². The van der Waals surface area contributed by atoms with Crippen LogP contribution < -0.4 is 0 Å². The van der Waals surface area contributed by atoms with Crippen LogP contribution in [0, 0.1) is 17.6 Å². The Bertz CT molecular complexity index is 524. The molecule has 1 heterocycles. The summed E-state index contributed by atoms with van der Waals surface area (Å²) in [6.45, 7) is 0.652. The van der Waals surface area contributed by atoms with E-state index in [0.29, 0.717) is 13.2 Å². The zero-order chi connectivity index (χ0) is 15.2. The molecule has 1 aromatic carbocycles. The standard InChI is InChI=1S/C15H16F2O4/c16-11-1-2-13(17)12(8-11)14(18)9-21-15(19)7-10-3-5-20-6-4-10/h1-2,8,10H,3-7,9H2. The summed E-state index contributed by atoms with van der Waals surface area (Å²) >= 11 is 0. The van der Waals surface area contributed by atoms with Gasteiger partial charge in [0.25, 0.3) is 0 Å². The Morgan fingerprint density at radius 3 is 2.67 bits per heavy atom. The molecule has 1 aliphatic rings. The van der Waals surface area contributed by atoms with Crippen molar-refractivity contribution in [2.45, 2.75) is 19.3 Å². The molecule has 1 aromatic rings. The van der Waals surface area contributed by atoms with E-state index in [1.807, 2.05) is 0 Å². The van der Waals surface area contributed by atoms with Gasteiger partial charge in [-0.3, -0.25) is 9.59 Å². The van der Waals surface area contributed by atoms with Gasteiger partial charge in [-0.15, -0.1) is 0 Å². The third-order valence-corrected chi connectivity index (χ3v) is 3.39. The first-order chi connectivity index (χ1) is 10.1. The normalized spacial score (nSPS) is 15.7. The number of benzene rings is 1. The van der Waals surface area contributed by atoms with Gasteiger partial charge in [0.15, 0.2) is 6.61 Å². The summed E-state index contributed by atoms with van der Waals surface area (Å²) in [6, 6.07) is 2.58. The molecule has 0 saturated carbocycles. The third-order valence-electron chi connectivity index (χ3n) is 3.39. The molecule has 0 radical (unpaired) electrons. The fourth-order valence-corrected chi connectivity index (χ4v) is 2.18. The lowest BCUT2D eigenvalue weighted by Gasteiger charge is -2.20. The maximum absolute atomic E-state index is 13.4. The molecule has 2 rings (SSSR count). The number of hydrogen-bond donors (Lipinski definition) is 0. The van der Waals surface area contributed by atoms with Gasteiger partial charge in [-0.2, -0.15) is 0 Å². The molecule has 114 valence electrons. The summed E-state index contributed by atoms with van der Waals surface area (Å²) in [5, 5.41) is 0. The maximum atomic E-state index is 13.4. The van der Waals surface area contributed by atoms with E-state index in [-0.39, 0.29) is 12.3 Å². The van der Waals surface area contributed by atoms with Crippen molar-refractivity contribution < 1.29 is 27.8 Å². The summed E-state index contributed by atoms with van der Waals surface area (Å²) < 4.78 is 36.4. The van der Waals surface area contributed by atoms with Crippen LogP contribution in [0.1, 0.15) is 29.6 Å². The third kappa shape index (κ3) is 4.60. The molecule has 6 heteroatoms. The minimum Gasteiger partial charge on any atom is -0.457 e. The quantitative estimate of drug-likeness (QED) is 0.619. The highest BCUT2D eigenvalue weighted by atomic mass is 19.1. The van der Waals surface area contributed by atoms with Gasteiger partial charge in [0.05, 0.1) is 5.56 Å². The highest BCUT2D eigenvalue weighted by Crippen LogP contribution is 2.19. The van der Waals surface area contributed by atoms with Crippen LogP contribution in [0.25, 0.3) is 0 Å². The van der Waals surface area contributed by atoms with E-state index in [1.54, 1.807) is 0 Å². The molecule has 0 bridgehead atoms. The van der Waals surface area contributed by atoms with Crippen molar-refractivity contribution in [2.24, 2.45) is 5.92 Å². The Balaban J connectivity index is 1.82. The van der Waals surface area contributed by atoms with Crippen molar-refractivity contribution in [2.75, 3.05) is 19.8 Å². The number of carbonyl (C=O) groups excluding carboxylic acids is 2. The molecule has 1 aliphatic heterocycles. The Labute approximate surface area is 121 Å². The lowest BCUT2D eigenvalue weighted by molar-refractivity contribution is -0.144. The summed E-state index contributed by atoms with van der Waals surface area (Å²) in [5.41, 5.74) is -0.408. The average molecular weight is 298 g/mol. The second-order valence-corrected chi connectivity index (χ2v) is 4.97. The highest BCUT2D eigenvalue weighted by Gasteiger charge is 2.20. The van der Waals surface area contributed by atoms with E-state index in [4.69, 9.17) is 9.47 Å². The van der Waals surface area contributed by atoms with Crippen molar-refractivity contribution in [3.05, 3.63) is 35.4 Å². The monoisotopic (exact) mass is 298 g/mol. The van der Waals surface area contributed by atoms with Crippen LogP contribution in [0.15, 0.2) is 18.2 Å². The second-order valence-electron chi connectivity index (χ2n) is 4.97. The average Bonchev–Trinajstić information content (AvgIpc) is 2.48. The number of ether oxygens (including phenoxy) is 2. The molecule has 0 atom stereocenters. The van der Waals surface area contributed by atoms with E-state index in [1.165, 1.54) is 0 Å². The number of carbonyl (C=O) groups is 2. The van der Waals surface area contributed by atoms with Gasteiger partial charge >= 0.3 is 5.97 Å². The molecule has 0 N–H and O–H groups in total. The van der Waals surface area contributed by atoms with Crippen LogP contribution in [-0.2, 0) is 14.3 Å². The molecular formula is C15H16F2O4. The molecule has 21 heavy (non-hydrogen) atoms. The Morgan fingerprint density at radius 2 is 1.95 bits per heavy atom. The van der Waals surface area contributed by atoms with E-state index >= 15 is 0 Å². The predicted octanol–water partition coefficient (Wildman–Crippen LogP) is 2.51. The minimum atomic E-state index is -0.832. The summed E-state index contributed by atoms with van der Waals surface area (Å²) in [5.74, 6) is -2.62. The lowest BCUT2D eigenvalue weighted by Crippen LogP contribution is -2.21. The van der Waals surface area contributed by atoms with Crippen LogP contribution in [-0.4, -0.2) is 31.6 Å². The summed E-state index contributed by atoms with van der Waals surface area (Å²) in [6.07, 6.45) is 1.77. The summed E-state index contributed by atoms with van der Waals surface area (Å²) in [4.78, 5) is 23.3. The SMILES string of the molecule is O=C(CC1CCOCC1)OCC(=O)c1cc(F)ccc1F. The van der Waals surface area contributed by atoms with Crippen LogP contribution in [0.2, 0.25) is 0 Å². The number of Topliss-reactive ketones (excluding diaryl/α,β-unsaturated/α-hetero) is 1. The molecule has 1 saturated heterocycles. The maximum Gasteiger partial charge on any atom is 0.306 e. The molecule has 0 aromatic heterocycles. The first-order valence-corrected chi connectivity index (χ1v) is 6.78. The largest absolute Gasteiger partial charge is 0.457 e. The lowest BCUT2D eigenvalue weighted by atomic mass is 9.97. The van der Waals surface area contributed by atoms with Gasteiger partial charge in [-0.05, 0) is 37.0 Å². The number of ketones is 1. The number of rotatable bonds is 5. The number of halogens is 2. The van der Waals surface area contributed by atoms with Gasteiger partial charge in [0, 0.05) is 19.6 Å². The molecule has 4 nitrogen and oxygen atoms in total. The Morgan fingerprint density at radius 1 is 1.24 bits per heavy atom. The molecule has 0 aliphatic carbocycles. The molecule has 0 unspecified atom stereocenters. The Kier molecular flexibility index (Phi) is 5.38. The zero-order valence-electron chi connectivity index (χ0n) is 11.4. The summed E-state index contributed by atoms with van der Waals surface area (Å²) in [7, 11) is 0. The second kappa shape index (κ2) is 7.26. The van der Waals surface area contributed by atoms with E-state index in [9.17, 15) is 18.4 Å². The zero-order valence-corrected chi connectivity index (χ0v) is 11.4. The van der Waals surface area contributed by atoms with Crippen molar-refractivity contribution in [1.82, 2.24) is 0 Å². The highest BCUT2D eigenvalue weighted by molar-refractivity contribution is 5.98. The molecule has 1 fully saturated rings. The van der Waals surface area contributed by atoms with Crippen LogP contribution in [0.4, 0.5) is 8.78 Å². The smallest absolute Gasteiger partial charge is 0.306 e. The minimum absolute atomic E-state index is 0.187. The van der Waals surface area contributed by atoms with Crippen LogP contribution in [0.5, 0.6) is 0 Å². The first kappa shape index (κ1) is 15.6. The van der Waals surface area contributed by atoms with Gasteiger partial charge in [-0.1, -0.05) is 0 Å². The van der Waals surface area contributed by atoms with Gasteiger partial charge in [0.2, 0.25) is 5.78 Å². The van der Waals surface area contributed by atoms with Crippen molar-refractivity contribution in [3.63, 3.8) is 0 Å².